The van der Waals surface area contributed by atoms with Gasteiger partial charge in [-0.25, -0.2) is 0 Å². The minimum absolute atomic E-state index is 0.499. The molecule has 5 heteroatoms. The second-order valence-electron chi connectivity index (χ2n) is 7.34. The van der Waals surface area contributed by atoms with E-state index in [1.165, 1.54) is 11.1 Å². The normalized spacial score (nSPS) is 10.6. The molecule has 3 aromatic carbocycles. The first kappa shape index (κ1) is 22.5. The molecule has 3 rings (SSSR count). The van der Waals surface area contributed by atoms with Crippen molar-refractivity contribution in [3.63, 3.8) is 0 Å². The lowest BCUT2D eigenvalue weighted by Crippen LogP contribution is -2.17. The van der Waals surface area contributed by atoms with Crippen molar-refractivity contribution in [2.24, 2.45) is 0 Å². The smallest absolute Gasteiger partial charge is 0.166 e. The summed E-state index contributed by atoms with van der Waals surface area (Å²) < 4.78 is 22.4. The van der Waals surface area contributed by atoms with Crippen molar-refractivity contribution in [3.05, 3.63) is 82.9 Å². The first-order valence-electron chi connectivity index (χ1n) is 10.4. The molecule has 3 aromatic rings. The molecule has 0 aliphatic carbocycles. The lowest BCUT2D eigenvalue weighted by atomic mass is 10.1. The molecule has 0 amide bonds. The maximum atomic E-state index is 6.16. The van der Waals surface area contributed by atoms with Crippen molar-refractivity contribution in [3.8, 4) is 23.0 Å². The van der Waals surface area contributed by atoms with Gasteiger partial charge in [-0.3, -0.25) is 0 Å². The maximum Gasteiger partial charge on any atom is 0.166 e. The highest BCUT2D eigenvalue weighted by atomic mass is 16.5. The Morgan fingerprint density at radius 3 is 2.16 bits per heavy atom. The average molecular weight is 422 g/mol. The average Bonchev–Trinajstić information content (AvgIpc) is 2.81. The minimum Gasteiger partial charge on any atom is -0.493 e. The van der Waals surface area contributed by atoms with E-state index in [2.05, 4.69) is 48.6 Å². The molecule has 0 saturated carbocycles. The predicted molar refractivity (Wildman–Crippen MR) is 123 cm³/mol. The number of rotatable bonds is 11. The van der Waals surface area contributed by atoms with Gasteiger partial charge in [0.2, 0.25) is 0 Å². The molecule has 0 bridgehead atoms. The van der Waals surface area contributed by atoms with Gasteiger partial charge in [-0.1, -0.05) is 48.0 Å². The highest BCUT2D eigenvalue weighted by Gasteiger charge is 2.11. The van der Waals surface area contributed by atoms with Gasteiger partial charge < -0.3 is 24.3 Å². The Morgan fingerprint density at radius 1 is 0.742 bits per heavy atom. The second kappa shape index (κ2) is 11.3. The van der Waals surface area contributed by atoms with E-state index in [4.69, 9.17) is 18.9 Å². The lowest BCUT2D eigenvalue weighted by Gasteiger charge is -2.16. The summed E-state index contributed by atoms with van der Waals surface area (Å²) in [7, 11) is 4.97. The zero-order valence-corrected chi connectivity index (χ0v) is 18.7. The van der Waals surface area contributed by atoms with E-state index in [1.54, 1.807) is 21.3 Å². The van der Waals surface area contributed by atoms with Crippen LogP contribution in [-0.4, -0.2) is 27.9 Å². The van der Waals surface area contributed by atoms with Gasteiger partial charge in [0.25, 0.3) is 0 Å². The predicted octanol–water partition coefficient (Wildman–Crippen LogP) is 4.93. The number of nitrogens with one attached hydrogen (secondary N) is 1. The van der Waals surface area contributed by atoms with Crippen LogP contribution in [0, 0.1) is 6.92 Å². The molecule has 0 aliphatic rings. The van der Waals surface area contributed by atoms with Crippen molar-refractivity contribution in [1.29, 1.82) is 0 Å². The molecule has 0 radical (unpaired) electrons. The van der Waals surface area contributed by atoms with Crippen LogP contribution < -0.4 is 24.3 Å². The number of para-hydroxylation sites is 1. The van der Waals surface area contributed by atoms with E-state index >= 15 is 0 Å². The fourth-order valence-electron chi connectivity index (χ4n) is 3.36. The third-order valence-corrected chi connectivity index (χ3v) is 5.14. The third-order valence-electron chi connectivity index (χ3n) is 5.14. The van der Waals surface area contributed by atoms with E-state index in [0.29, 0.717) is 13.2 Å². The quantitative estimate of drug-likeness (QED) is 0.445. The van der Waals surface area contributed by atoms with Crippen LogP contribution >= 0.6 is 0 Å². The van der Waals surface area contributed by atoms with Gasteiger partial charge in [-0.15, -0.1) is 0 Å². The third kappa shape index (κ3) is 6.15. The van der Waals surface area contributed by atoms with Crippen LogP contribution in [0.25, 0.3) is 0 Å². The van der Waals surface area contributed by atoms with Gasteiger partial charge in [0, 0.05) is 12.1 Å². The van der Waals surface area contributed by atoms with E-state index in [0.717, 1.165) is 47.1 Å². The van der Waals surface area contributed by atoms with Crippen molar-refractivity contribution in [2.75, 3.05) is 27.9 Å². The Bertz CT molecular complexity index is 970. The van der Waals surface area contributed by atoms with Crippen LogP contribution in [0.1, 0.15) is 22.3 Å². The number of hydrogen-bond acceptors (Lipinski definition) is 5. The Balaban J connectivity index is 1.60. The largest absolute Gasteiger partial charge is 0.493 e. The zero-order valence-electron chi connectivity index (χ0n) is 18.7. The van der Waals surface area contributed by atoms with Gasteiger partial charge in [-0.2, -0.15) is 0 Å². The number of aryl methyl sites for hydroxylation is 1. The highest BCUT2D eigenvalue weighted by Crippen LogP contribution is 2.32. The van der Waals surface area contributed by atoms with Crippen LogP contribution in [0.3, 0.4) is 0 Å². The second-order valence-corrected chi connectivity index (χ2v) is 7.34. The number of methoxy groups -OCH3 is 3. The summed E-state index contributed by atoms with van der Waals surface area (Å²) in [5, 5.41) is 3.51. The van der Waals surface area contributed by atoms with Gasteiger partial charge in [-0.05, 0) is 49.2 Å². The molecule has 0 fully saturated rings. The van der Waals surface area contributed by atoms with E-state index in [1.807, 2.05) is 24.3 Å². The first-order valence-corrected chi connectivity index (χ1v) is 10.4. The van der Waals surface area contributed by atoms with E-state index in [-0.39, 0.29) is 0 Å². The molecule has 0 aliphatic heterocycles. The van der Waals surface area contributed by atoms with Crippen molar-refractivity contribution in [1.82, 2.24) is 5.32 Å². The monoisotopic (exact) mass is 421 g/mol. The SMILES string of the molecule is COc1ccc(CCNCc2cccc(OC)c2OCc2ccc(C)cc2)cc1OC. The molecule has 0 saturated heterocycles. The van der Waals surface area contributed by atoms with Crippen LogP contribution in [0.2, 0.25) is 0 Å². The fourth-order valence-corrected chi connectivity index (χ4v) is 3.36. The van der Waals surface area contributed by atoms with Crippen LogP contribution in [0.15, 0.2) is 60.7 Å². The molecular formula is C26H31NO4. The van der Waals surface area contributed by atoms with Crippen LogP contribution in [-0.2, 0) is 19.6 Å². The first-order chi connectivity index (χ1) is 15.1. The zero-order chi connectivity index (χ0) is 22.1. The Labute approximate surface area is 184 Å². The standard InChI is InChI=1S/C26H31NO4/c1-19-8-10-21(11-9-19)18-31-26-22(6-5-7-24(26)29-3)17-27-15-14-20-12-13-23(28-2)25(16-20)30-4/h5-13,16,27H,14-15,17-18H2,1-4H3. The van der Waals surface area contributed by atoms with Gasteiger partial charge in [0.05, 0.1) is 21.3 Å². The van der Waals surface area contributed by atoms with Gasteiger partial charge >= 0.3 is 0 Å². The van der Waals surface area contributed by atoms with Crippen LogP contribution in [0.5, 0.6) is 23.0 Å². The molecule has 0 heterocycles. The number of benzene rings is 3. The summed E-state index contributed by atoms with van der Waals surface area (Å²) >= 11 is 0. The molecule has 5 nitrogen and oxygen atoms in total. The lowest BCUT2D eigenvalue weighted by molar-refractivity contribution is 0.280. The molecular weight excluding hydrogens is 390 g/mol. The summed E-state index contributed by atoms with van der Waals surface area (Å²) in [5.41, 5.74) is 4.62. The minimum atomic E-state index is 0.499. The number of ether oxygens (including phenoxy) is 4. The van der Waals surface area contributed by atoms with Crippen molar-refractivity contribution in [2.45, 2.75) is 26.5 Å². The maximum absolute atomic E-state index is 6.16. The fraction of sp³-hybridized carbons (Fsp3) is 0.308. The van der Waals surface area contributed by atoms with Gasteiger partial charge in [0.15, 0.2) is 23.0 Å². The Kier molecular flexibility index (Phi) is 8.19. The van der Waals surface area contributed by atoms with Crippen molar-refractivity contribution < 1.29 is 18.9 Å². The van der Waals surface area contributed by atoms with Gasteiger partial charge in [0.1, 0.15) is 6.61 Å². The van der Waals surface area contributed by atoms with Crippen LogP contribution in [0.4, 0.5) is 0 Å². The van der Waals surface area contributed by atoms with Crippen molar-refractivity contribution >= 4 is 0 Å². The number of hydrogen-bond donors (Lipinski definition) is 1. The molecule has 1 N–H and O–H groups in total. The summed E-state index contributed by atoms with van der Waals surface area (Å²) in [4.78, 5) is 0. The Hall–Kier alpha value is -3.18. The van der Waals surface area contributed by atoms with E-state index in [9.17, 15) is 0 Å². The Morgan fingerprint density at radius 2 is 1.45 bits per heavy atom. The summed E-state index contributed by atoms with van der Waals surface area (Å²) in [5.74, 6) is 3.01. The summed E-state index contributed by atoms with van der Waals surface area (Å²) in [6, 6.07) is 20.4. The highest BCUT2D eigenvalue weighted by molar-refractivity contribution is 5.47. The summed E-state index contributed by atoms with van der Waals surface area (Å²) in [6.07, 6.45) is 0.879. The molecule has 0 atom stereocenters. The molecule has 0 spiro atoms. The molecule has 31 heavy (non-hydrogen) atoms. The van der Waals surface area contributed by atoms with E-state index < -0.39 is 0 Å². The molecule has 164 valence electrons. The molecule has 0 aromatic heterocycles. The molecule has 0 unspecified atom stereocenters. The topological polar surface area (TPSA) is 49.0 Å². The summed E-state index contributed by atoms with van der Waals surface area (Å²) in [6.45, 7) is 4.09.